The topological polar surface area (TPSA) is 49.8 Å². The van der Waals surface area contributed by atoms with Gasteiger partial charge in [-0.2, -0.15) is 0 Å². The summed E-state index contributed by atoms with van der Waals surface area (Å²) in [5.41, 5.74) is 0.515. The number of aliphatic hydroxyl groups is 1. The van der Waals surface area contributed by atoms with Gasteiger partial charge in [0.25, 0.3) is 0 Å². The maximum absolute atomic E-state index is 13.2. The largest absolute Gasteiger partial charge is 0.458 e. The zero-order chi connectivity index (χ0) is 20.8. The molecule has 4 nitrogen and oxygen atoms in total. The average Bonchev–Trinajstić information content (AvgIpc) is 3.26. The Hall–Kier alpha value is -2.95. The first-order valence-electron chi connectivity index (χ1n) is 10.5. The van der Waals surface area contributed by atoms with Gasteiger partial charge in [0.2, 0.25) is 5.60 Å². The second-order valence-electron chi connectivity index (χ2n) is 7.79. The third-order valence-corrected chi connectivity index (χ3v) is 5.74. The molecular formula is C26H27NO3. The van der Waals surface area contributed by atoms with Gasteiger partial charge in [-0.05, 0) is 29.5 Å². The molecule has 0 bridgehead atoms. The highest BCUT2D eigenvalue weighted by molar-refractivity contribution is 5.85. The molecule has 1 aliphatic heterocycles. The van der Waals surface area contributed by atoms with Crippen molar-refractivity contribution >= 4 is 5.97 Å². The molecule has 0 spiro atoms. The van der Waals surface area contributed by atoms with E-state index in [1.165, 1.54) is 5.56 Å². The average molecular weight is 402 g/mol. The Morgan fingerprint density at radius 2 is 1.43 bits per heavy atom. The van der Waals surface area contributed by atoms with Crippen LogP contribution in [0.4, 0.5) is 0 Å². The van der Waals surface area contributed by atoms with Crippen LogP contribution in [0.2, 0.25) is 0 Å². The fourth-order valence-corrected chi connectivity index (χ4v) is 4.03. The van der Waals surface area contributed by atoms with Gasteiger partial charge in [0, 0.05) is 19.6 Å². The summed E-state index contributed by atoms with van der Waals surface area (Å²) in [7, 11) is 0. The van der Waals surface area contributed by atoms with Crippen molar-refractivity contribution in [3.05, 3.63) is 108 Å². The minimum atomic E-state index is -1.82. The fourth-order valence-electron chi connectivity index (χ4n) is 4.03. The van der Waals surface area contributed by atoms with Crippen molar-refractivity contribution in [3.63, 3.8) is 0 Å². The lowest BCUT2D eigenvalue weighted by Crippen LogP contribution is -2.41. The third kappa shape index (κ3) is 4.45. The number of ether oxygens (including phenoxy) is 1. The molecule has 1 N–H and O–H groups in total. The molecule has 0 unspecified atom stereocenters. The predicted molar refractivity (Wildman–Crippen MR) is 117 cm³/mol. The first-order chi connectivity index (χ1) is 14.7. The summed E-state index contributed by atoms with van der Waals surface area (Å²) in [6, 6.07) is 28.4. The molecule has 1 saturated heterocycles. The number of nitrogens with zero attached hydrogens (tertiary/aromatic N) is 1. The summed E-state index contributed by atoms with van der Waals surface area (Å²) in [5, 5.41) is 11.5. The molecular weight excluding hydrogens is 374 g/mol. The number of carbonyl (C=O) groups excluding carboxylic acids is 1. The lowest BCUT2D eigenvalue weighted by atomic mass is 9.86. The van der Waals surface area contributed by atoms with Crippen LogP contribution in [0, 0.1) is 0 Å². The van der Waals surface area contributed by atoms with E-state index >= 15 is 0 Å². The normalized spacial score (nSPS) is 17.0. The Kier molecular flexibility index (Phi) is 6.26. The molecule has 0 aromatic heterocycles. The minimum Gasteiger partial charge on any atom is -0.458 e. The number of hydrogen-bond acceptors (Lipinski definition) is 4. The summed E-state index contributed by atoms with van der Waals surface area (Å²) in [4.78, 5) is 15.5. The van der Waals surface area contributed by atoms with Crippen LogP contribution in [0.5, 0.6) is 0 Å². The van der Waals surface area contributed by atoms with Gasteiger partial charge in [0.05, 0.1) is 0 Å². The molecule has 1 heterocycles. The van der Waals surface area contributed by atoms with Gasteiger partial charge in [-0.15, -0.1) is 0 Å². The number of likely N-dealkylation sites (tertiary alicyclic amines) is 1. The number of hydrogen-bond donors (Lipinski definition) is 1. The van der Waals surface area contributed by atoms with E-state index in [0.717, 1.165) is 25.9 Å². The lowest BCUT2D eigenvalue weighted by molar-refractivity contribution is -0.167. The van der Waals surface area contributed by atoms with Crippen LogP contribution in [-0.2, 0) is 21.6 Å². The minimum absolute atomic E-state index is 0.216. The van der Waals surface area contributed by atoms with Crippen molar-refractivity contribution in [2.45, 2.75) is 24.5 Å². The number of benzene rings is 3. The quantitative estimate of drug-likeness (QED) is 0.612. The predicted octanol–water partition coefficient (Wildman–Crippen LogP) is 3.78. The van der Waals surface area contributed by atoms with Crippen LogP contribution in [0.15, 0.2) is 91.0 Å². The van der Waals surface area contributed by atoms with E-state index in [1.54, 1.807) is 24.3 Å². The summed E-state index contributed by atoms with van der Waals surface area (Å²) < 4.78 is 5.84. The number of carbonyl (C=O) groups is 1. The van der Waals surface area contributed by atoms with E-state index in [1.807, 2.05) is 42.5 Å². The van der Waals surface area contributed by atoms with Gasteiger partial charge in [0.15, 0.2) is 0 Å². The first-order valence-corrected chi connectivity index (χ1v) is 10.5. The summed E-state index contributed by atoms with van der Waals surface area (Å²) in [6.45, 7) is 2.51. The molecule has 3 aromatic carbocycles. The molecule has 0 radical (unpaired) electrons. The highest BCUT2D eigenvalue weighted by atomic mass is 16.6. The zero-order valence-electron chi connectivity index (χ0n) is 17.0. The molecule has 0 saturated carbocycles. The first kappa shape index (κ1) is 20.3. The second kappa shape index (κ2) is 9.24. The molecule has 154 valence electrons. The van der Waals surface area contributed by atoms with Gasteiger partial charge in [-0.1, -0.05) is 91.0 Å². The van der Waals surface area contributed by atoms with Crippen molar-refractivity contribution < 1.29 is 14.6 Å². The molecule has 1 fully saturated rings. The maximum atomic E-state index is 13.2. The van der Waals surface area contributed by atoms with E-state index in [2.05, 4.69) is 29.2 Å². The van der Waals surface area contributed by atoms with Crippen molar-refractivity contribution in [2.75, 3.05) is 19.6 Å². The molecule has 0 aliphatic carbocycles. The van der Waals surface area contributed by atoms with E-state index < -0.39 is 11.6 Å². The van der Waals surface area contributed by atoms with Crippen LogP contribution >= 0.6 is 0 Å². The van der Waals surface area contributed by atoms with Crippen LogP contribution < -0.4 is 0 Å². The van der Waals surface area contributed by atoms with Gasteiger partial charge in [-0.3, -0.25) is 4.90 Å². The van der Waals surface area contributed by atoms with Gasteiger partial charge < -0.3 is 9.84 Å². The smallest absolute Gasteiger partial charge is 0.348 e. The van der Waals surface area contributed by atoms with Crippen molar-refractivity contribution in [2.24, 2.45) is 0 Å². The summed E-state index contributed by atoms with van der Waals surface area (Å²) in [6.07, 6.45) is 1.53. The second-order valence-corrected chi connectivity index (χ2v) is 7.79. The highest BCUT2D eigenvalue weighted by Gasteiger charge is 2.43. The zero-order valence-corrected chi connectivity index (χ0v) is 17.0. The molecule has 0 amide bonds. The van der Waals surface area contributed by atoms with E-state index in [4.69, 9.17) is 4.74 Å². The monoisotopic (exact) mass is 401 g/mol. The van der Waals surface area contributed by atoms with Crippen molar-refractivity contribution in [1.82, 2.24) is 4.90 Å². The standard InChI is InChI=1S/C26H27NO3/c28-25(26(29,22-12-6-2-7-13-22)23-14-8-3-9-15-23)30-24-17-19-27(20-24)18-16-21-10-4-1-5-11-21/h1-15,24,29H,16-20H2/t24-/m0/s1. The lowest BCUT2D eigenvalue weighted by Gasteiger charge is -2.28. The van der Waals surface area contributed by atoms with Crippen LogP contribution in [0.25, 0.3) is 0 Å². The van der Waals surface area contributed by atoms with E-state index in [0.29, 0.717) is 17.7 Å². The Labute approximate surface area is 177 Å². The van der Waals surface area contributed by atoms with Crippen molar-refractivity contribution in [1.29, 1.82) is 0 Å². The Morgan fingerprint density at radius 3 is 2.00 bits per heavy atom. The molecule has 4 heteroatoms. The Balaban J connectivity index is 1.43. The molecule has 4 rings (SSSR count). The van der Waals surface area contributed by atoms with Gasteiger partial charge in [0.1, 0.15) is 6.10 Å². The Morgan fingerprint density at radius 1 is 0.900 bits per heavy atom. The van der Waals surface area contributed by atoms with Crippen LogP contribution in [0.1, 0.15) is 23.1 Å². The molecule has 1 aliphatic rings. The summed E-state index contributed by atoms with van der Waals surface area (Å²) >= 11 is 0. The van der Waals surface area contributed by atoms with Gasteiger partial charge in [-0.25, -0.2) is 4.79 Å². The van der Waals surface area contributed by atoms with E-state index in [9.17, 15) is 9.90 Å². The third-order valence-electron chi connectivity index (χ3n) is 5.74. The van der Waals surface area contributed by atoms with Gasteiger partial charge >= 0.3 is 5.97 Å². The van der Waals surface area contributed by atoms with Crippen LogP contribution in [-0.4, -0.2) is 41.7 Å². The highest BCUT2D eigenvalue weighted by Crippen LogP contribution is 2.32. The maximum Gasteiger partial charge on any atom is 0.348 e. The molecule has 30 heavy (non-hydrogen) atoms. The number of esters is 1. The van der Waals surface area contributed by atoms with Crippen LogP contribution in [0.3, 0.4) is 0 Å². The number of rotatable bonds is 7. The summed E-state index contributed by atoms with van der Waals surface area (Å²) in [5.74, 6) is -0.616. The molecule has 3 aromatic rings. The Bertz CT molecular complexity index is 904. The molecule has 1 atom stereocenters. The van der Waals surface area contributed by atoms with E-state index in [-0.39, 0.29) is 6.10 Å². The SMILES string of the molecule is O=C(O[C@H]1CCN(CCc2ccccc2)C1)C(O)(c1ccccc1)c1ccccc1. The van der Waals surface area contributed by atoms with Crippen molar-refractivity contribution in [3.8, 4) is 0 Å². The fraction of sp³-hybridized carbons (Fsp3) is 0.269.